The third-order valence-electron chi connectivity index (χ3n) is 3.82. The molecular weight excluding hydrogens is 360 g/mol. The Labute approximate surface area is 153 Å². The molecule has 0 aliphatic rings. The molecule has 1 aromatic heterocycles. The summed E-state index contributed by atoms with van der Waals surface area (Å²) < 4.78 is 1.06. The fourth-order valence-electron chi connectivity index (χ4n) is 2.68. The largest absolute Gasteiger partial charge is 0.320 e. The predicted octanol–water partition coefficient (Wildman–Crippen LogP) is 5.67. The van der Waals surface area contributed by atoms with Gasteiger partial charge in [-0.15, -0.1) is 11.3 Å². The molecule has 0 saturated carbocycles. The number of benzene rings is 2. The minimum absolute atomic E-state index is 0.114. The minimum Gasteiger partial charge on any atom is -0.320 e. The number of nitrogens with zero attached hydrogens (tertiary/aromatic N) is 1. The summed E-state index contributed by atoms with van der Waals surface area (Å²) >= 11 is 7.51. The van der Waals surface area contributed by atoms with E-state index in [2.05, 4.69) is 12.2 Å². The number of non-ortho nitro benzene ring substituents is 1. The Morgan fingerprint density at radius 1 is 1.28 bits per heavy atom. The molecule has 0 aliphatic carbocycles. The summed E-state index contributed by atoms with van der Waals surface area (Å²) in [5, 5.41) is 14.8. The van der Waals surface area contributed by atoms with E-state index in [1.165, 1.54) is 29.5 Å². The van der Waals surface area contributed by atoms with Gasteiger partial charge >= 0.3 is 0 Å². The van der Waals surface area contributed by atoms with Crippen LogP contribution in [0.25, 0.3) is 10.1 Å². The van der Waals surface area contributed by atoms with Crippen molar-refractivity contribution in [2.45, 2.75) is 19.8 Å². The molecule has 0 unspecified atom stereocenters. The van der Waals surface area contributed by atoms with Gasteiger partial charge in [0.1, 0.15) is 0 Å². The second kappa shape index (κ2) is 7.21. The summed E-state index contributed by atoms with van der Waals surface area (Å²) in [6.45, 7) is 2.07. The number of halogens is 1. The third-order valence-corrected chi connectivity index (χ3v) is 5.34. The number of carbonyl (C=O) groups is 1. The molecule has 1 N–H and O–H groups in total. The van der Waals surface area contributed by atoms with Gasteiger partial charge < -0.3 is 5.32 Å². The molecule has 0 fully saturated rings. The van der Waals surface area contributed by atoms with E-state index in [1.807, 2.05) is 24.3 Å². The van der Waals surface area contributed by atoms with Crippen LogP contribution >= 0.6 is 22.9 Å². The summed E-state index contributed by atoms with van der Waals surface area (Å²) in [6, 6.07) is 11.9. The van der Waals surface area contributed by atoms with Crippen LogP contribution in [0.2, 0.25) is 5.02 Å². The smallest absolute Gasteiger partial charge is 0.271 e. The molecular formula is C18H15ClN2O3S. The highest BCUT2D eigenvalue weighted by Crippen LogP contribution is 2.34. The number of hydrogen-bond donors (Lipinski definition) is 1. The Morgan fingerprint density at radius 2 is 2.04 bits per heavy atom. The number of aryl methyl sites for hydroxylation is 1. The van der Waals surface area contributed by atoms with Gasteiger partial charge in [-0.2, -0.15) is 0 Å². The van der Waals surface area contributed by atoms with Crippen molar-refractivity contribution in [1.82, 2.24) is 0 Å². The van der Waals surface area contributed by atoms with Crippen LogP contribution in [0.3, 0.4) is 0 Å². The third kappa shape index (κ3) is 3.50. The van der Waals surface area contributed by atoms with Crippen LogP contribution < -0.4 is 5.32 Å². The lowest BCUT2D eigenvalue weighted by Crippen LogP contribution is -2.12. The number of anilines is 1. The lowest BCUT2D eigenvalue weighted by Gasteiger charge is -2.08. The number of rotatable bonds is 5. The van der Waals surface area contributed by atoms with Crippen molar-refractivity contribution in [1.29, 1.82) is 0 Å². The van der Waals surface area contributed by atoms with Gasteiger partial charge in [0.2, 0.25) is 0 Å². The van der Waals surface area contributed by atoms with Crippen molar-refractivity contribution >= 4 is 50.3 Å². The average molecular weight is 375 g/mol. The van der Waals surface area contributed by atoms with Crippen LogP contribution in [0.15, 0.2) is 42.5 Å². The highest BCUT2D eigenvalue weighted by Gasteiger charge is 2.19. The van der Waals surface area contributed by atoms with Gasteiger partial charge in [-0.1, -0.05) is 43.1 Å². The van der Waals surface area contributed by atoms with E-state index in [9.17, 15) is 14.9 Å². The van der Waals surface area contributed by atoms with E-state index in [0.29, 0.717) is 10.6 Å². The summed E-state index contributed by atoms with van der Waals surface area (Å²) in [5.74, 6) is -0.250. The molecule has 128 valence electrons. The first-order valence-electron chi connectivity index (χ1n) is 7.77. The number of carbonyl (C=O) groups excluding carboxylic acids is 1. The zero-order valence-electron chi connectivity index (χ0n) is 13.4. The molecule has 1 heterocycles. The SMILES string of the molecule is CCCc1c(C(=O)Nc2ccc([N+](=O)[O-])cc2Cl)sc2ccccc12. The van der Waals surface area contributed by atoms with Crippen molar-refractivity contribution in [2.24, 2.45) is 0 Å². The lowest BCUT2D eigenvalue weighted by atomic mass is 10.1. The fourth-order valence-corrected chi connectivity index (χ4v) is 4.05. The number of nitro benzene ring substituents is 1. The van der Waals surface area contributed by atoms with Crippen molar-refractivity contribution in [3.05, 3.63) is 68.0 Å². The molecule has 0 saturated heterocycles. The maximum atomic E-state index is 12.8. The van der Waals surface area contributed by atoms with Gasteiger partial charge in [0.25, 0.3) is 11.6 Å². The molecule has 0 bridgehead atoms. The van der Waals surface area contributed by atoms with Crippen LogP contribution in [-0.2, 0) is 6.42 Å². The Hall–Kier alpha value is -2.44. The number of fused-ring (bicyclic) bond motifs is 1. The zero-order chi connectivity index (χ0) is 18.0. The fraction of sp³-hybridized carbons (Fsp3) is 0.167. The number of thiophene rings is 1. The summed E-state index contributed by atoms with van der Waals surface area (Å²) in [5.41, 5.74) is 1.27. The van der Waals surface area contributed by atoms with Crippen molar-refractivity contribution in [2.75, 3.05) is 5.32 Å². The highest BCUT2D eigenvalue weighted by molar-refractivity contribution is 7.21. The molecule has 1 amide bonds. The zero-order valence-corrected chi connectivity index (χ0v) is 15.0. The number of nitrogens with one attached hydrogen (secondary N) is 1. The average Bonchev–Trinajstić information content (AvgIpc) is 2.96. The van der Waals surface area contributed by atoms with Crippen LogP contribution in [0.1, 0.15) is 28.6 Å². The maximum Gasteiger partial charge on any atom is 0.271 e. The Bertz CT molecular complexity index is 968. The van der Waals surface area contributed by atoms with Crippen molar-refractivity contribution in [3.63, 3.8) is 0 Å². The summed E-state index contributed by atoms with van der Waals surface area (Å²) in [7, 11) is 0. The summed E-state index contributed by atoms with van der Waals surface area (Å²) in [4.78, 5) is 23.7. The van der Waals surface area contributed by atoms with Gasteiger partial charge in [-0.05, 0) is 29.5 Å². The van der Waals surface area contributed by atoms with Crippen LogP contribution in [0.5, 0.6) is 0 Å². The molecule has 7 heteroatoms. The van der Waals surface area contributed by atoms with Crippen LogP contribution in [0.4, 0.5) is 11.4 Å². The molecule has 2 aromatic carbocycles. The molecule has 5 nitrogen and oxygen atoms in total. The second-order valence-corrected chi connectivity index (χ2v) is 6.99. The predicted molar refractivity (Wildman–Crippen MR) is 102 cm³/mol. The molecule has 0 spiro atoms. The summed E-state index contributed by atoms with van der Waals surface area (Å²) in [6.07, 6.45) is 1.74. The van der Waals surface area contributed by atoms with E-state index in [1.54, 1.807) is 0 Å². The standard InChI is InChI=1S/C18H15ClN2O3S/c1-2-5-13-12-6-3-4-7-16(12)25-17(13)18(22)20-15-9-8-11(21(23)24)10-14(15)19/h3-4,6-10H,2,5H2,1H3,(H,20,22). The molecule has 0 radical (unpaired) electrons. The normalized spacial score (nSPS) is 10.8. The number of nitro groups is 1. The number of hydrogen-bond acceptors (Lipinski definition) is 4. The Kier molecular flexibility index (Phi) is 5.01. The highest BCUT2D eigenvalue weighted by atomic mass is 35.5. The van der Waals surface area contributed by atoms with E-state index in [-0.39, 0.29) is 16.6 Å². The second-order valence-electron chi connectivity index (χ2n) is 5.53. The Balaban J connectivity index is 1.95. The van der Waals surface area contributed by atoms with Crippen molar-refractivity contribution < 1.29 is 9.72 Å². The first-order valence-corrected chi connectivity index (χ1v) is 8.96. The molecule has 3 rings (SSSR count). The van der Waals surface area contributed by atoms with Crippen molar-refractivity contribution in [3.8, 4) is 0 Å². The molecule has 3 aromatic rings. The quantitative estimate of drug-likeness (QED) is 0.462. The minimum atomic E-state index is -0.525. The Morgan fingerprint density at radius 3 is 2.72 bits per heavy atom. The monoisotopic (exact) mass is 374 g/mol. The lowest BCUT2D eigenvalue weighted by molar-refractivity contribution is -0.384. The van der Waals surface area contributed by atoms with Crippen LogP contribution in [-0.4, -0.2) is 10.8 Å². The topological polar surface area (TPSA) is 72.2 Å². The van der Waals surface area contributed by atoms with E-state index in [4.69, 9.17) is 11.6 Å². The molecule has 25 heavy (non-hydrogen) atoms. The van der Waals surface area contributed by atoms with E-state index >= 15 is 0 Å². The van der Waals surface area contributed by atoms with Gasteiger partial charge in [0, 0.05) is 16.8 Å². The molecule has 0 aliphatic heterocycles. The van der Waals surface area contributed by atoms with Gasteiger partial charge in [-0.3, -0.25) is 14.9 Å². The van der Waals surface area contributed by atoms with Gasteiger partial charge in [0.15, 0.2) is 0 Å². The van der Waals surface area contributed by atoms with Gasteiger partial charge in [0.05, 0.1) is 20.5 Å². The van der Waals surface area contributed by atoms with Gasteiger partial charge in [-0.25, -0.2) is 0 Å². The van der Waals surface area contributed by atoms with E-state index < -0.39 is 4.92 Å². The number of amides is 1. The first kappa shape index (κ1) is 17.4. The van der Waals surface area contributed by atoms with Crippen LogP contribution in [0, 0.1) is 10.1 Å². The molecule has 0 atom stereocenters. The first-order chi connectivity index (χ1) is 12.0. The van der Waals surface area contributed by atoms with E-state index in [0.717, 1.165) is 28.5 Å². The maximum absolute atomic E-state index is 12.8.